The van der Waals surface area contributed by atoms with E-state index in [1.54, 1.807) is 7.11 Å². The first kappa shape index (κ1) is 15.8. The maximum absolute atomic E-state index is 4.99. The molecule has 0 unspecified atom stereocenters. The van der Waals surface area contributed by atoms with Crippen LogP contribution in [0.1, 0.15) is 12.8 Å². The average Bonchev–Trinajstić information content (AvgIpc) is 2.22. The van der Waals surface area contributed by atoms with Gasteiger partial charge < -0.3 is 19.9 Å². The molecule has 0 aliphatic carbocycles. The van der Waals surface area contributed by atoms with Gasteiger partial charge in [-0.25, -0.2) is 0 Å². The van der Waals surface area contributed by atoms with E-state index >= 15 is 0 Å². The maximum atomic E-state index is 4.99. The molecule has 0 aromatic rings. The minimum atomic E-state index is 0.853. The van der Waals surface area contributed by atoms with Crippen molar-refractivity contribution in [1.29, 1.82) is 0 Å². The second-order valence-corrected chi connectivity index (χ2v) is 4.56. The Morgan fingerprint density at radius 2 is 1.69 bits per heavy atom. The zero-order valence-corrected chi connectivity index (χ0v) is 11.5. The fourth-order valence-corrected chi connectivity index (χ4v) is 1.51. The van der Waals surface area contributed by atoms with Gasteiger partial charge in [-0.2, -0.15) is 0 Å². The zero-order chi connectivity index (χ0) is 12.2. The van der Waals surface area contributed by atoms with Gasteiger partial charge in [-0.1, -0.05) is 0 Å². The van der Waals surface area contributed by atoms with Crippen LogP contribution in [0.3, 0.4) is 0 Å². The first-order valence-corrected chi connectivity index (χ1v) is 6.19. The van der Waals surface area contributed by atoms with Gasteiger partial charge in [0.25, 0.3) is 0 Å². The molecule has 0 aliphatic heterocycles. The Labute approximate surface area is 101 Å². The highest BCUT2D eigenvalue weighted by Gasteiger charge is 1.98. The molecular weight excluding hydrogens is 202 g/mol. The number of methoxy groups -OCH3 is 1. The fourth-order valence-electron chi connectivity index (χ4n) is 1.51. The van der Waals surface area contributed by atoms with Gasteiger partial charge in [0, 0.05) is 26.8 Å². The minimum absolute atomic E-state index is 0.853. The Kier molecular flexibility index (Phi) is 11.2. The highest BCUT2D eigenvalue weighted by molar-refractivity contribution is 4.56. The topological polar surface area (TPSA) is 27.7 Å². The zero-order valence-electron chi connectivity index (χ0n) is 11.5. The van der Waals surface area contributed by atoms with Gasteiger partial charge in [0.15, 0.2) is 0 Å². The van der Waals surface area contributed by atoms with E-state index in [0.717, 1.165) is 32.7 Å². The minimum Gasteiger partial charge on any atom is -0.385 e. The van der Waals surface area contributed by atoms with Crippen molar-refractivity contribution < 1.29 is 4.74 Å². The van der Waals surface area contributed by atoms with Crippen molar-refractivity contribution in [3.63, 3.8) is 0 Å². The molecule has 4 nitrogen and oxygen atoms in total. The van der Waals surface area contributed by atoms with Crippen molar-refractivity contribution in [3.05, 3.63) is 0 Å². The fraction of sp³-hybridized carbons (Fsp3) is 1.00. The summed E-state index contributed by atoms with van der Waals surface area (Å²) in [5.74, 6) is 0. The number of ether oxygens (including phenoxy) is 1. The van der Waals surface area contributed by atoms with Gasteiger partial charge >= 0.3 is 0 Å². The molecule has 0 saturated carbocycles. The van der Waals surface area contributed by atoms with Crippen LogP contribution in [0.25, 0.3) is 0 Å². The SMILES string of the molecule is COCCCNCCN(C)CCCN(C)C. The molecule has 98 valence electrons. The van der Waals surface area contributed by atoms with Crippen molar-refractivity contribution in [2.75, 3.05) is 67.6 Å². The summed E-state index contributed by atoms with van der Waals surface area (Å²) in [7, 11) is 8.18. The van der Waals surface area contributed by atoms with E-state index in [0.29, 0.717) is 0 Å². The van der Waals surface area contributed by atoms with E-state index in [2.05, 4.69) is 36.3 Å². The smallest absolute Gasteiger partial charge is 0.0474 e. The lowest BCUT2D eigenvalue weighted by atomic mass is 10.3. The molecule has 0 radical (unpaired) electrons. The Morgan fingerprint density at radius 3 is 2.31 bits per heavy atom. The number of likely N-dealkylation sites (N-methyl/N-ethyl adjacent to an activating group) is 1. The standard InChI is InChI=1S/C12H29N3O/c1-14(2)9-6-10-15(3)11-8-13-7-5-12-16-4/h13H,5-12H2,1-4H3. The normalized spacial score (nSPS) is 11.6. The van der Waals surface area contributed by atoms with Crippen molar-refractivity contribution in [1.82, 2.24) is 15.1 Å². The van der Waals surface area contributed by atoms with Crippen LogP contribution < -0.4 is 5.32 Å². The molecule has 0 rings (SSSR count). The Hall–Kier alpha value is -0.160. The van der Waals surface area contributed by atoms with E-state index in [1.807, 2.05) is 0 Å². The van der Waals surface area contributed by atoms with Crippen LogP contribution >= 0.6 is 0 Å². The molecule has 0 saturated heterocycles. The summed E-state index contributed by atoms with van der Waals surface area (Å²) in [6.45, 7) is 6.46. The van der Waals surface area contributed by atoms with Crippen LogP contribution in [-0.4, -0.2) is 77.4 Å². The third-order valence-corrected chi connectivity index (χ3v) is 2.52. The molecule has 4 heteroatoms. The van der Waals surface area contributed by atoms with Crippen LogP contribution in [0.2, 0.25) is 0 Å². The average molecular weight is 231 g/mol. The lowest BCUT2D eigenvalue weighted by molar-refractivity contribution is 0.194. The van der Waals surface area contributed by atoms with Crippen LogP contribution in [0.15, 0.2) is 0 Å². The van der Waals surface area contributed by atoms with Gasteiger partial charge in [0.1, 0.15) is 0 Å². The Morgan fingerprint density at radius 1 is 0.938 bits per heavy atom. The van der Waals surface area contributed by atoms with Crippen LogP contribution in [0, 0.1) is 0 Å². The maximum Gasteiger partial charge on any atom is 0.0474 e. The molecule has 0 bridgehead atoms. The number of nitrogens with zero attached hydrogens (tertiary/aromatic N) is 2. The lowest BCUT2D eigenvalue weighted by Crippen LogP contribution is -2.31. The van der Waals surface area contributed by atoms with E-state index < -0.39 is 0 Å². The molecule has 0 aliphatic rings. The third-order valence-electron chi connectivity index (χ3n) is 2.52. The summed E-state index contributed by atoms with van der Waals surface area (Å²) in [5, 5.41) is 3.42. The van der Waals surface area contributed by atoms with Crippen molar-refractivity contribution in [3.8, 4) is 0 Å². The third kappa shape index (κ3) is 11.9. The highest BCUT2D eigenvalue weighted by atomic mass is 16.5. The Balaban J connectivity index is 3.14. The van der Waals surface area contributed by atoms with E-state index in [-0.39, 0.29) is 0 Å². The highest BCUT2D eigenvalue weighted by Crippen LogP contribution is 1.88. The van der Waals surface area contributed by atoms with Crippen LogP contribution in [-0.2, 0) is 4.74 Å². The van der Waals surface area contributed by atoms with Gasteiger partial charge in [-0.15, -0.1) is 0 Å². The van der Waals surface area contributed by atoms with Crippen LogP contribution in [0.4, 0.5) is 0 Å². The molecule has 0 amide bonds. The number of hydrogen-bond acceptors (Lipinski definition) is 4. The summed E-state index contributed by atoms with van der Waals surface area (Å²) in [6, 6.07) is 0. The summed E-state index contributed by atoms with van der Waals surface area (Å²) >= 11 is 0. The van der Waals surface area contributed by atoms with Gasteiger partial charge in [-0.3, -0.25) is 0 Å². The van der Waals surface area contributed by atoms with Crippen molar-refractivity contribution in [2.45, 2.75) is 12.8 Å². The number of hydrogen-bond donors (Lipinski definition) is 1. The summed E-state index contributed by atoms with van der Waals surface area (Å²) in [5.41, 5.74) is 0. The molecule has 0 spiro atoms. The Bertz CT molecular complexity index is 142. The molecule has 0 heterocycles. The largest absolute Gasteiger partial charge is 0.385 e. The quantitative estimate of drug-likeness (QED) is 0.524. The summed E-state index contributed by atoms with van der Waals surface area (Å²) < 4.78 is 4.99. The van der Waals surface area contributed by atoms with Crippen LogP contribution in [0.5, 0.6) is 0 Å². The number of nitrogens with one attached hydrogen (secondary N) is 1. The van der Waals surface area contributed by atoms with Gasteiger partial charge in [0.2, 0.25) is 0 Å². The first-order chi connectivity index (χ1) is 7.66. The molecule has 16 heavy (non-hydrogen) atoms. The molecule has 1 N–H and O–H groups in total. The summed E-state index contributed by atoms with van der Waals surface area (Å²) in [6.07, 6.45) is 2.34. The molecule has 0 fully saturated rings. The van der Waals surface area contributed by atoms with E-state index in [1.165, 1.54) is 19.5 Å². The molecule has 0 aromatic carbocycles. The van der Waals surface area contributed by atoms with E-state index in [9.17, 15) is 0 Å². The lowest BCUT2D eigenvalue weighted by Gasteiger charge is -2.18. The van der Waals surface area contributed by atoms with Gasteiger partial charge in [0.05, 0.1) is 0 Å². The molecule has 0 atom stereocenters. The van der Waals surface area contributed by atoms with Crippen molar-refractivity contribution in [2.24, 2.45) is 0 Å². The number of rotatable bonds is 11. The monoisotopic (exact) mass is 231 g/mol. The predicted octanol–water partition coefficient (Wildman–Crippen LogP) is 0.496. The second kappa shape index (κ2) is 11.3. The molecule has 0 aromatic heterocycles. The molecular formula is C12H29N3O. The first-order valence-electron chi connectivity index (χ1n) is 6.19. The van der Waals surface area contributed by atoms with E-state index in [4.69, 9.17) is 4.74 Å². The van der Waals surface area contributed by atoms with Crippen molar-refractivity contribution >= 4 is 0 Å². The van der Waals surface area contributed by atoms with Gasteiger partial charge in [-0.05, 0) is 53.6 Å². The second-order valence-electron chi connectivity index (χ2n) is 4.56. The predicted molar refractivity (Wildman–Crippen MR) is 70.0 cm³/mol. The summed E-state index contributed by atoms with van der Waals surface area (Å²) in [4.78, 5) is 4.61.